The van der Waals surface area contributed by atoms with E-state index in [9.17, 15) is 81.1 Å². The van der Waals surface area contributed by atoms with E-state index in [1.807, 2.05) is 6.92 Å². The minimum Gasteiger partial charge on any atom is -0.457 e. The first-order valence-electron chi connectivity index (χ1n) is 32.6. The largest absolute Gasteiger partial charge is 0.457 e. The Morgan fingerprint density at radius 1 is 0.565 bits per heavy atom. The fourth-order valence-electron chi connectivity index (χ4n) is 18.5. The maximum Gasteiger partial charge on any atom is 0.315 e. The Kier molecular flexibility index (Phi) is 19.8. The molecule has 4 saturated carbocycles. The second-order valence-electron chi connectivity index (χ2n) is 30.5. The number of allylic oxidation sites excluding steroid dienone is 2. The van der Waals surface area contributed by atoms with Crippen LogP contribution in [0.1, 0.15) is 126 Å². The summed E-state index contributed by atoms with van der Waals surface area (Å²) in [5, 5.41) is 159. The summed E-state index contributed by atoms with van der Waals surface area (Å²) in [5.74, 6) is -3.90. The summed E-state index contributed by atoms with van der Waals surface area (Å²) in [6, 6.07) is 0. The Labute approximate surface area is 533 Å². The third kappa shape index (κ3) is 12.1. The molecule has 17 aliphatic rings. The fraction of sp³-hybridized carbons (Fsp3) is 0.921. The molecule has 9 unspecified atom stereocenters. The van der Waals surface area contributed by atoms with Crippen LogP contribution in [0.15, 0.2) is 11.6 Å². The van der Waals surface area contributed by atoms with E-state index < -0.39 is 244 Å². The zero-order chi connectivity index (χ0) is 66.9. The average Bonchev–Trinajstić information content (AvgIpc) is 0.674. The van der Waals surface area contributed by atoms with Crippen molar-refractivity contribution in [2.45, 2.75) is 279 Å². The van der Waals surface area contributed by atoms with Gasteiger partial charge in [0.2, 0.25) is 6.29 Å². The van der Waals surface area contributed by atoms with Crippen molar-refractivity contribution in [3.63, 3.8) is 0 Å². The average molecular weight is 1320 g/mol. The summed E-state index contributed by atoms with van der Waals surface area (Å²) in [4.78, 5) is 43.1. The van der Waals surface area contributed by atoms with Crippen LogP contribution in [-0.4, -0.2) is 275 Å². The van der Waals surface area contributed by atoms with Crippen LogP contribution in [0.25, 0.3) is 0 Å². The van der Waals surface area contributed by atoms with Gasteiger partial charge in [-0.1, -0.05) is 53.2 Å². The number of aliphatic hydroxyl groups is 14. The van der Waals surface area contributed by atoms with Crippen molar-refractivity contribution in [3.05, 3.63) is 11.6 Å². The molecule has 0 aromatic carbocycles. The molecule has 1 spiro atoms. The topological polar surface area (TPSA) is 445 Å². The quantitative estimate of drug-likeness (QED) is 0.0590. The number of esters is 3. The zero-order valence-electron chi connectivity index (χ0n) is 53.4. The van der Waals surface area contributed by atoms with Gasteiger partial charge in [0.05, 0.1) is 75.2 Å². The van der Waals surface area contributed by atoms with Gasteiger partial charge in [-0.15, -0.1) is 0 Å². The van der Waals surface area contributed by atoms with E-state index in [1.165, 1.54) is 6.92 Å². The standard InChI is InChI=1S/C63H98O29/c1-26-46-47(88-51-43(76)38(71)30(67)22-81-51)45(78)53(84-26)90-48-39(72)31(68)23-82-54(48)92-56(79)63-15-13-57(2,3)17-28(63)27-9-10-35-59(5)18-29(66)50(60(6,25-65)34(59)11-12-62(35,8)61(27,7)14-16-63)91-55-49(42(75)40(73)32(21-64)86-55)89-52-44(77)41(74)33(24-83-52)85-36(69)19-58(4,80)20-37(70)87-46/h9,26,28-35,38-55,64-68,71-78,80H,10-25H2,1-8H3/t26?,28-,29-,30+,31-,32?,33-,34?,35?,38+,39+,40+,41+,42+,43?,44?,45?,46-,47+,48?,49?,50-,51-,52-,53-,54-,55-,58-,59-,60-,61+,62+,63-/m0/s1. The normalized spacial score (nSPS) is 54.4. The monoisotopic (exact) mass is 1320 g/mol. The van der Waals surface area contributed by atoms with Crippen LogP contribution in [-0.2, 0) is 71.2 Å². The lowest BCUT2D eigenvalue weighted by atomic mass is 9.33. The molecule has 29 nitrogen and oxygen atoms in total. The van der Waals surface area contributed by atoms with Crippen LogP contribution in [0, 0.1) is 50.2 Å². The van der Waals surface area contributed by atoms with E-state index in [1.54, 1.807) is 0 Å². The lowest BCUT2D eigenvalue weighted by molar-refractivity contribution is -0.377. The SMILES string of the molecule is CC1O[C@H]2OC3[C@@H](OC[C@H](O)[C@H]3O)OC(=O)[C@]34CCC(C)(C)C[C@H]3C3=CCC5[C@@]6(C)C[C@H](O)[C@H](O[C@@H]7OC(CO)[C@@H](O)[C@@H](O)C7O[C@@H]7OC[C@H](OC(=O)C[C@](C)(O)CC(=O)O[C@@H]1[C@H](O[C@@H]1OC[C@@H](O)[C@@H](O)C1O)C2O)[C@@H](O)C7O)[C@@](C)(CO)C6CC[C@@]5(C)[C@]3(C)CC4. The molecule has 92 heavy (non-hydrogen) atoms. The Morgan fingerprint density at radius 2 is 1.21 bits per heavy atom. The Balaban J connectivity index is 0.951. The van der Waals surface area contributed by atoms with Crippen molar-refractivity contribution in [1.82, 2.24) is 0 Å². The van der Waals surface area contributed by atoms with E-state index >= 15 is 4.79 Å². The molecule has 14 N–H and O–H groups in total. The number of carbonyl (C=O) groups excluding carboxylic acids is 3. The maximum absolute atomic E-state index is 15.6. The summed E-state index contributed by atoms with van der Waals surface area (Å²) in [6.07, 6.45) is -36.9. The van der Waals surface area contributed by atoms with Gasteiger partial charge in [-0.05, 0) is 111 Å². The number of carbonyl (C=O) groups is 3. The van der Waals surface area contributed by atoms with Crippen molar-refractivity contribution < 1.29 is 143 Å². The van der Waals surface area contributed by atoms with Crippen LogP contribution in [0.4, 0.5) is 0 Å². The first-order chi connectivity index (χ1) is 43.1. The Bertz CT molecular complexity index is 2700. The lowest BCUT2D eigenvalue weighted by Gasteiger charge is -2.72. The number of rotatable bonds is 4. The highest BCUT2D eigenvalue weighted by Crippen LogP contribution is 2.76. The van der Waals surface area contributed by atoms with Gasteiger partial charge in [-0.25, -0.2) is 0 Å². The predicted molar refractivity (Wildman–Crippen MR) is 306 cm³/mol. The molecule has 0 aromatic heterocycles. The molecular weight excluding hydrogens is 1220 g/mol. The number of ether oxygens (including phenoxy) is 12. The molecule has 12 heterocycles. The van der Waals surface area contributed by atoms with Crippen LogP contribution in [0.2, 0.25) is 0 Å². The lowest BCUT2D eigenvalue weighted by Crippen LogP contribution is -2.70. The number of hydrogen-bond acceptors (Lipinski definition) is 29. The van der Waals surface area contributed by atoms with E-state index in [-0.39, 0.29) is 29.6 Å². The molecule has 12 fully saturated rings. The molecule has 12 bridgehead atoms. The summed E-state index contributed by atoms with van der Waals surface area (Å²) in [5.41, 5.74) is -5.49. The summed E-state index contributed by atoms with van der Waals surface area (Å²) >= 11 is 0. The number of aliphatic hydroxyl groups excluding tert-OH is 13. The van der Waals surface area contributed by atoms with Gasteiger partial charge in [0.25, 0.3) is 0 Å². The minimum atomic E-state index is -2.29. The van der Waals surface area contributed by atoms with Crippen molar-refractivity contribution in [1.29, 1.82) is 0 Å². The maximum atomic E-state index is 15.6. The van der Waals surface area contributed by atoms with E-state index in [4.69, 9.17) is 56.8 Å². The fourth-order valence-corrected chi connectivity index (χ4v) is 18.5. The molecular formula is C63H98O29. The molecule has 8 saturated heterocycles. The molecule has 29 heteroatoms. The molecule has 33 atom stereocenters. The highest BCUT2D eigenvalue weighted by atomic mass is 16.8. The summed E-state index contributed by atoms with van der Waals surface area (Å²) in [6.45, 7) is 12.2. The van der Waals surface area contributed by atoms with Crippen molar-refractivity contribution in [2.24, 2.45) is 50.2 Å². The van der Waals surface area contributed by atoms with Crippen molar-refractivity contribution in [3.8, 4) is 0 Å². The van der Waals surface area contributed by atoms with E-state index in [2.05, 4.69) is 40.7 Å². The third-order valence-corrected chi connectivity index (χ3v) is 24.0. The van der Waals surface area contributed by atoms with E-state index in [0.29, 0.717) is 51.4 Å². The van der Waals surface area contributed by atoms with Crippen LogP contribution >= 0.6 is 0 Å². The van der Waals surface area contributed by atoms with Crippen LogP contribution in [0.3, 0.4) is 0 Å². The van der Waals surface area contributed by atoms with Gasteiger partial charge in [-0.2, -0.15) is 0 Å². The summed E-state index contributed by atoms with van der Waals surface area (Å²) < 4.78 is 72.3. The molecule has 0 amide bonds. The highest BCUT2D eigenvalue weighted by molar-refractivity contribution is 5.79. The number of hydrogen-bond donors (Lipinski definition) is 14. The minimum absolute atomic E-state index is 0.109. The van der Waals surface area contributed by atoms with Crippen LogP contribution in [0.5, 0.6) is 0 Å². The van der Waals surface area contributed by atoms with E-state index in [0.717, 1.165) is 12.5 Å². The zero-order valence-corrected chi connectivity index (χ0v) is 53.4. The van der Waals surface area contributed by atoms with Crippen molar-refractivity contribution >= 4 is 17.9 Å². The van der Waals surface area contributed by atoms with Gasteiger partial charge in [0, 0.05) is 5.41 Å². The third-order valence-electron chi connectivity index (χ3n) is 24.0. The molecule has 524 valence electrons. The highest BCUT2D eigenvalue weighted by Gasteiger charge is 2.72. The second-order valence-corrected chi connectivity index (χ2v) is 30.5. The van der Waals surface area contributed by atoms with Gasteiger partial charge in [-0.3, -0.25) is 14.4 Å². The molecule has 5 aliphatic carbocycles. The molecule has 0 aromatic rings. The van der Waals surface area contributed by atoms with Gasteiger partial charge in [0.1, 0.15) is 79.4 Å². The molecule has 0 radical (unpaired) electrons. The van der Waals surface area contributed by atoms with Gasteiger partial charge in [0.15, 0.2) is 43.5 Å². The van der Waals surface area contributed by atoms with Gasteiger partial charge < -0.3 is 128 Å². The van der Waals surface area contributed by atoms with Crippen molar-refractivity contribution in [2.75, 3.05) is 33.0 Å². The van der Waals surface area contributed by atoms with Crippen LogP contribution < -0.4 is 0 Å². The Morgan fingerprint density at radius 3 is 1.90 bits per heavy atom. The molecule has 12 aliphatic heterocycles. The summed E-state index contributed by atoms with van der Waals surface area (Å²) in [7, 11) is 0. The predicted octanol–water partition coefficient (Wildman–Crippen LogP) is -2.68. The molecule has 17 rings (SSSR count). The van der Waals surface area contributed by atoms with Gasteiger partial charge >= 0.3 is 17.9 Å². The second kappa shape index (κ2) is 25.8. The Hall–Kier alpha value is -2.77. The first-order valence-corrected chi connectivity index (χ1v) is 32.6. The smallest absolute Gasteiger partial charge is 0.315 e. The first kappa shape index (κ1) is 70.5.